The number of hydrogen-bond donors (Lipinski definition) is 0. The molecule has 250 valence electrons. The van der Waals surface area contributed by atoms with Crippen molar-refractivity contribution < 1.29 is 0 Å². The zero-order chi connectivity index (χ0) is 33.9. The van der Waals surface area contributed by atoms with Crippen molar-refractivity contribution in [3.63, 3.8) is 0 Å². The Morgan fingerprint density at radius 3 is 0.760 bits per heavy atom. The molecule has 0 heteroatoms. The number of benzene rings is 7. The van der Waals surface area contributed by atoms with Gasteiger partial charge in [0.25, 0.3) is 0 Å². The van der Waals surface area contributed by atoms with E-state index in [9.17, 15) is 0 Å². The monoisotopic (exact) mass is 650 g/mol. The van der Waals surface area contributed by atoms with Gasteiger partial charge in [0.1, 0.15) is 0 Å². The fraction of sp³-hybridized carbons (Fsp3) is 0.320. The second-order valence-corrected chi connectivity index (χ2v) is 15.3. The molecule has 0 saturated carbocycles. The van der Waals surface area contributed by atoms with Crippen LogP contribution >= 0.6 is 0 Å². The fourth-order valence-electron chi connectivity index (χ4n) is 9.61. The Kier molecular flexibility index (Phi) is 8.03. The van der Waals surface area contributed by atoms with Crippen LogP contribution in [0.2, 0.25) is 0 Å². The van der Waals surface area contributed by atoms with Crippen LogP contribution in [0.25, 0.3) is 86.2 Å². The Hall–Kier alpha value is -4.42. The molecule has 0 atom stereocenters. The predicted molar refractivity (Wildman–Crippen MR) is 223 cm³/mol. The Morgan fingerprint density at radius 2 is 0.540 bits per heavy atom. The molecule has 0 aliphatic heterocycles. The number of rotatable bonds is 12. The van der Waals surface area contributed by atoms with Crippen LogP contribution in [0.15, 0.2) is 84.9 Å². The van der Waals surface area contributed by atoms with Crippen LogP contribution in [0.5, 0.6) is 0 Å². The summed E-state index contributed by atoms with van der Waals surface area (Å²) < 4.78 is 0. The standard InChI is InChI=1S/C50H50/c1-5-9-17-39-35-21-13-14-22-36(35)40(18-10-6-2)48-44-28-32-26-34-30-46-45(29-33(34)25-31(32)27-43(44)47(39)48)49-41(19-11-7-3)37-23-15-16-24-38(37)42(50(46)49)20-12-8-4/h13-16,21-30H,5-12,17-20H2,1-4H3. The molecule has 9 rings (SSSR count). The highest BCUT2D eigenvalue weighted by molar-refractivity contribution is 6.35. The van der Waals surface area contributed by atoms with Gasteiger partial charge in [0.05, 0.1) is 0 Å². The second kappa shape index (κ2) is 12.7. The Morgan fingerprint density at radius 1 is 0.300 bits per heavy atom. The molecule has 0 fully saturated rings. The quantitative estimate of drug-likeness (QED) is 0.115. The van der Waals surface area contributed by atoms with Crippen LogP contribution in [-0.2, 0) is 25.7 Å². The molecule has 0 aliphatic rings. The van der Waals surface area contributed by atoms with Gasteiger partial charge in [-0.3, -0.25) is 0 Å². The van der Waals surface area contributed by atoms with Crippen molar-refractivity contribution in [1.82, 2.24) is 0 Å². The minimum Gasteiger partial charge on any atom is -0.0654 e. The van der Waals surface area contributed by atoms with E-state index in [4.69, 9.17) is 0 Å². The molecule has 0 radical (unpaired) electrons. The van der Waals surface area contributed by atoms with E-state index in [-0.39, 0.29) is 0 Å². The summed E-state index contributed by atoms with van der Waals surface area (Å²) >= 11 is 0. The topological polar surface area (TPSA) is 0 Å². The normalized spacial score (nSPS) is 12.6. The van der Waals surface area contributed by atoms with Crippen LogP contribution in [-0.4, -0.2) is 0 Å². The van der Waals surface area contributed by atoms with Gasteiger partial charge in [-0.25, -0.2) is 0 Å². The summed E-state index contributed by atoms with van der Waals surface area (Å²) in [5, 5.41) is 23.6. The minimum atomic E-state index is 1.16. The number of hydrogen-bond acceptors (Lipinski definition) is 0. The maximum atomic E-state index is 2.54. The van der Waals surface area contributed by atoms with E-state index in [1.807, 2.05) is 0 Å². The lowest BCUT2D eigenvalue weighted by Crippen LogP contribution is -2.01. The Bertz CT molecular complexity index is 2320. The highest BCUT2D eigenvalue weighted by atomic mass is 14.3. The van der Waals surface area contributed by atoms with Crippen molar-refractivity contribution in [2.24, 2.45) is 0 Å². The lowest BCUT2D eigenvalue weighted by Gasteiger charge is -2.24. The van der Waals surface area contributed by atoms with Gasteiger partial charge >= 0.3 is 0 Å². The molecule has 9 aromatic carbocycles. The van der Waals surface area contributed by atoms with Crippen LogP contribution in [0.3, 0.4) is 0 Å². The molecule has 50 heavy (non-hydrogen) atoms. The van der Waals surface area contributed by atoms with Crippen LogP contribution in [0.1, 0.15) is 101 Å². The molecule has 0 aliphatic carbocycles. The van der Waals surface area contributed by atoms with E-state index in [0.717, 1.165) is 25.7 Å². The smallest absolute Gasteiger partial charge is 0.00574 e. The van der Waals surface area contributed by atoms with Gasteiger partial charge in [-0.1, -0.05) is 102 Å². The molecule has 0 saturated heterocycles. The lowest BCUT2D eigenvalue weighted by atomic mass is 9.79. The molecule has 0 nitrogen and oxygen atoms in total. The van der Waals surface area contributed by atoms with E-state index in [0.29, 0.717) is 0 Å². The molecule has 0 N–H and O–H groups in total. The summed E-state index contributed by atoms with van der Waals surface area (Å²) in [6.07, 6.45) is 14.5. The number of fused-ring (bicyclic) bond motifs is 12. The molecule has 0 amide bonds. The van der Waals surface area contributed by atoms with E-state index in [1.54, 1.807) is 43.8 Å². The molecule has 0 bridgehead atoms. The molecule has 9 aromatic rings. The van der Waals surface area contributed by atoms with Crippen molar-refractivity contribution in [3.8, 4) is 0 Å². The van der Waals surface area contributed by atoms with E-state index < -0.39 is 0 Å². The van der Waals surface area contributed by atoms with Gasteiger partial charge < -0.3 is 0 Å². The van der Waals surface area contributed by atoms with Crippen molar-refractivity contribution in [1.29, 1.82) is 0 Å². The SMILES string of the molecule is CCCCc1c2ccccc2c(CCCC)c2c3cc4cc5cc6c(cc5cc4cc3c12)c1c(CCCC)c2ccccc2c(CCCC)c61. The van der Waals surface area contributed by atoms with Gasteiger partial charge in [0, 0.05) is 0 Å². The Labute approximate surface area is 297 Å². The molecule has 0 spiro atoms. The zero-order valence-electron chi connectivity index (χ0n) is 30.6. The lowest BCUT2D eigenvalue weighted by molar-refractivity contribution is 0.798. The summed E-state index contributed by atoms with van der Waals surface area (Å²) in [5.41, 5.74) is 6.31. The van der Waals surface area contributed by atoms with Crippen molar-refractivity contribution in [2.75, 3.05) is 0 Å². The van der Waals surface area contributed by atoms with E-state index >= 15 is 0 Å². The van der Waals surface area contributed by atoms with Crippen molar-refractivity contribution in [3.05, 3.63) is 107 Å². The third kappa shape index (κ3) is 4.71. The highest BCUT2D eigenvalue weighted by Gasteiger charge is 2.24. The first-order valence-corrected chi connectivity index (χ1v) is 19.9. The maximum Gasteiger partial charge on any atom is -0.00574 e. The van der Waals surface area contributed by atoms with Crippen LogP contribution < -0.4 is 0 Å². The van der Waals surface area contributed by atoms with Gasteiger partial charge in [-0.15, -0.1) is 0 Å². The van der Waals surface area contributed by atoms with Gasteiger partial charge in [0.2, 0.25) is 0 Å². The summed E-state index contributed by atoms with van der Waals surface area (Å²) in [7, 11) is 0. The van der Waals surface area contributed by atoms with Crippen molar-refractivity contribution in [2.45, 2.75) is 105 Å². The first-order chi connectivity index (χ1) is 24.7. The van der Waals surface area contributed by atoms with E-state index in [1.165, 1.54) is 116 Å². The zero-order valence-corrected chi connectivity index (χ0v) is 30.6. The predicted octanol–water partition coefficient (Wildman–Crippen LogP) is 15.2. The third-order valence-electron chi connectivity index (χ3n) is 12.1. The second-order valence-electron chi connectivity index (χ2n) is 15.3. The highest BCUT2D eigenvalue weighted by Crippen LogP contribution is 2.49. The summed E-state index contributed by atoms with van der Waals surface area (Å²) in [4.78, 5) is 0. The van der Waals surface area contributed by atoms with Crippen LogP contribution in [0.4, 0.5) is 0 Å². The summed E-state index contributed by atoms with van der Waals surface area (Å²) in [6, 6.07) is 33.7. The first-order valence-electron chi connectivity index (χ1n) is 19.9. The number of aryl methyl sites for hydroxylation is 4. The number of unbranched alkanes of at least 4 members (excludes halogenated alkanes) is 4. The largest absolute Gasteiger partial charge is 0.0654 e. The molecule has 0 unspecified atom stereocenters. The Balaban J connectivity index is 1.31. The third-order valence-corrected chi connectivity index (χ3v) is 12.1. The molecular weight excluding hydrogens is 601 g/mol. The average molecular weight is 651 g/mol. The first kappa shape index (κ1) is 31.6. The van der Waals surface area contributed by atoms with Crippen molar-refractivity contribution >= 4 is 86.2 Å². The van der Waals surface area contributed by atoms with Gasteiger partial charge in [0.15, 0.2) is 0 Å². The average Bonchev–Trinajstić information content (AvgIpc) is 3.14. The molecule has 0 aromatic heterocycles. The minimum absolute atomic E-state index is 1.16. The fourth-order valence-corrected chi connectivity index (χ4v) is 9.61. The maximum absolute atomic E-state index is 2.54. The molecular formula is C50H50. The molecule has 0 heterocycles. The van der Waals surface area contributed by atoms with Gasteiger partial charge in [-0.2, -0.15) is 0 Å². The van der Waals surface area contributed by atoms with Gasteiger partial charge in [-0.05, 0) is 196 Å². The summed E-state index contributed by atoms with van der Waals surface area (Å²) in [5.74, 6) is 0. The van der Waals surface area contributed by atoms with Crippen LogP contribution in [0, 0.1) is 0 Å². The van der Waals surface area contributed by atoms with E-state index in [2.05, 4.69) is 113 Å². The summed E-state index contributed by atoms with van der Waals surface area (Å²) in [6.45, 7) is 9.30.